The van der Waals surface area contributed by atoms with Crippen LogP contribution in [0, 0.1) is 11.8 Å². The molecule has 2 aliphatic rings. The Morgan fingerprint density at radius 1 is 0.850 bits per heavy atom. The van der Waals surface area contributed by atoms with Crippen LogP contribution in [0.3, 0.4) is 0 Å². The van der Waals surface area contributed by atoms with Gasteiger partial charge in [0.25, 0.3) is 0 Å². The molecule has 0 aromatic heterocycles. The monoisotopic (exact) mass is 300 g/mol. The van der Waals surface area contributed by atoms with E-state index in [-0.39, 0.29) is 0 Å². The maximum atomic E-state index is 12.5. The number of rotatable bonds is 7. The van der Waals surface area contributed by atoms with Crippen molar-refractivity contribution in [1.29, 1.82) is 0 Å². The first kappa shape index (κ1) is 16.3. The van der Waals surface area contributed by atoms with Crippen molar-refractivity contribution in [3.63, 3.8) is 0 Å². The third-order valence-electron chi connectivity index (χ3n) is 4.65. The minimum Gasteiger partial charge on any atom is -0.305 e. The molecule has 0 heterocycles. The van der Waals surface area contributed by atoms with E-state index in [1.165, 1.54) is 70.0 Å². The van der Waals surface area contributed by atoms with E-state index < -0.39 is 7.60 Å². The Hall–Kier alpha value is -0.110. The van der Waals surface area contributed by atoms with Crippen molar-refractivity contribution < 1.29 is 13.6 Å². The molecule has 4 heteroatoms. The summed E-state index contributed by atoms with van der Waals surface area (Å²) in [6.45, 7) is 4.77. The average molecular weight is 300 g/mol. The molecule has 0 saturated heterocycles. The van der Waals surface area contributed by atoms with Crippen LogP contribution in [0.15, 0.2) is 12.4 Å². The van der Waals surface area contributed by atoms with E-state index in [9.17, 15) is 4.57 Å². The van der Waals surface area contributed by atoms with Gasteiger partial charge in [-0.1, -0.05) is 45.1 Å². The van der Waals surface area contributed by atoms with Gasteiger partial charge in [0.1, 0.15) is 0 Å². The van der Waals surface area contributed by atoms with E-state index in [0.717, 1.165) is 0 Å². The molecule has 2 rings (SSSR count). The van der Waals surface area contributed by atoms with Gasteiger partial charge >= 0.3 is 7.60 Å². The minimum absolute atomic E-state index is 0.551. The van der Waals surface area contributed by atoms with Crippen molar-refractivity contribution in [1.82, 2.24) is 0 Å². The van der Waals surface area contributed by atoms with Crippen LogP contribution in [0.5, 0.6) is 0 Å². The second-order valence-electron chi connectivity index (χ2n) is 6.32. The van der Waals surface area contributed by atoms with Crippen molar-refractivity contribution >= 4 is 7.60 Å². The van der Waals surface area contributed by atoms with Gasteiger partial charge in [0.05, 0.1) is 13.2 Å². The summed E-state index contributed by atoms with van der Waals surface area (Å²) in [5, 5.41) is 0. The van der Waals surface area contributed by atoms with Crippen molar-refractivity contribution in [2.24, 2.45) is 11.8 Å². The van der Waals surface area contributed by atoms with Crippen LogP contribution in [0.1, 0.15) is 64.2 Å². The molecule has 0 unspecified atom stereocenters. The molecule has 20 heavy (non-hydrogen) atoms. The molecule has 116 valence electrons. The standard InChI is InChI=1S/C16H29O3P/c1-2-20(17,18-13-15-9-5-3-6-10-15)19-14-16-11-7-4-8-12-16/h2,15-16H,1,3-14H2. The van der Waals surface area contributed by atoms with E-state index >= 15 is 0 Å². The van der Waals surface area contributed by atoms with Gasteiger partial charge in [0.2, 0.25) is 0 Å². The van der Waals surface area contributed by atoms with Crippen molar-refractivity contribution in [3.8, 4) is 0 Å². The average Bonchev–Trinajstić information content (AvgIpc) is 2.53. The highest BCUT2D eigenvalue weighted by Gasteiger charge is 2.25. The topological polar surface area (TPSA) is 35.5 Å². The smallest absolute Gasteiger partial charge is 0.305 e. The molecule has 2 aliphatic carbocycles. The van der Waals surface area contributed by atoms with E-state index in [1.54, 1.807) is 0 Å². The lowest BCUT2D eigenvalue weighted by atomic mass is 9.90. The summed E-state index contributed by atoms with van der Waals surface area (Å²) >= 11 is 0. The maximum absolute atomic E-state index is 12.5. The quantitative estimate of drug-likeness (QED) is 0.581. The molecule has 0 bridgehead atoms. The third-order valence-corrected chi connectivity index (χ3v) is 6.12. The van der Waals surface area contributed by atoms with Gasteiger partial charge in [0, 0.05) is 5.82 Å². The van der Waals surface area contributed by atoms with E-state index in [0.29, 0.717) is 25.0 Å². The summed E-state index contributed by atoms with van der Waals surface area (Å²) < 4.78 is 23.8. The van der Waals surface area contributed by atoms with Crippen LogP contribution in [-0.2, 0) is 13.6 Å². The SMILES string of the molecule is C=CP(=O)(OCC1CCCCC1)OCC1CCCCC1. The van der Waals surface area contributed by atoms with Gasteiger partial charge in [0.15, 0.2) is 0 Å². The third kappa shape index (κ3) is 5.35. The Bertz CT molecular complexity index is 305. The van der Waals surface area contributed by atoms with Crippen molar-refractivity contribution in [2.45, 2.75) is 64.2 Å². The van der Waals surface area contributed by atoms with Gasteiger partial charge in [-0.3, -0.25) is 4.57 Å². The van der Waals surface area contributed by atoms with Gasteiger partial charge in [-0.15, -0.1) is 0 Å². The number of hydrogen-bond acceptors (Lipinski definition) is 3. The molecule has 0 N–H and O–H groups in total. The Balaban J connectivity index is 1.72. The van der Waals surface area contributed by atoms with Gasteiger partial charge in [-0.05, 0) is 37.5 Å². The highest BCUT2D eigenvalue weighted by Crippen LogP contribution is 2.50. The molecular weight excluding hydrogens is 271 g/mol. The summed E-state index contributed by atoms with van der Waals surface area (Å²) in [6.07, 6.45) is 12.5. The zero-order valence-corrected chi connectivity index (χ0v) is 13.5. The fourth-order valence-corrected chi connectivity index (χ4v) is 4.39. The molecule has 2 fully saturated rings. The van der Waals surface area contributed by atoms with Gasteiger partial charge in [-0.2, -0.15) is 0 Å². The first-order chi connectivity index (χ1) is 9.72. The number of hydrogen-bond donors (Lipinski definition) is 0. The Morgan fingerprint density at radius 3 is 1.60 bits per heavy atom. The lowest BCUT2D eigenvalue weighted by Gasteiger charge is -2.25. The van der Waals surface area contributed by atoms with E-state index in [1.807, 2.05) is 0 Å². The molecule has 0 spiro atoms. The first-order valence-electron chi connectivity index (χ1n) is 8.24. The molecular formula is C16H29O3P. The van der Waals surface area contributed by atoms with Crippen molar-refractivity contribution in [3.05, 3.63) is 12.4 Å². The fourth-order valence-electron chi connectivity index (χ4n) is 3.27. The maximum Gasteiger partial charge on any atom is 0.353 e. The predicted octanol–water partition coefficient (Wildman–Crippen LogP) is 5.52. The molecule has 0 amide bonds. The van der Waals surface area contributed by atoms with Crippen LogP contribution in [-0.4, -0.2) is 13.2 Å². The normalized spacial score (nSPS) is 22.8. The van der Waals surface area contributed by atoms with Crippen LogP contribution in [0.2, 0.25) is 0 Å². The summed E-state index contributed by atoms with van der Waals surface area (Å²) in [6, 6.07) is 0. The Labute approximate surface area is 123 Å². The summed E-state index contributed by atoms with van der Waals surface area (Å²) in [5.41, 5.74) is 0. The van der Waals surface area contributed by atoms with E-state index in [4.69, 9.17) is 9.05 Å². The highest BCUT2D eigenvalue weighted by molar-refractivity contribution is 7.57. The van der Waals surface area contributed by atoms with Gasteiger partial charge < -0.3 is 9.05 Å². The highest BCUT2D eigenvalue weighted by atomic mass is 31.2. The molecule has 2 saturated carbocycles. The molecule has 0 aliphatic heterocycles. The Kier molecular flexibility index (Phi) is 6.80. The molecule has 3 nitrogen and oxygen atoms in total. The molecule has 0 aromatic carbocycles. The largest absolute Gasteiger partial charge is 0.353 e. The predicted molar refractivity (Wildman–Crippen MR) is 82.9 cm³/mol. The minimum atomic E-state index is -3.07. The van der Waals surface area contributed by atoms with Crippen LogP contribution < -0.4 is 0 Å². The summed E-state index contributed by atoms with van der Waals surface area (Å²) in [5.74, 6) is 2.49. The molecule has 0 aromatic rings. The molecule has 0 atom stereocenters. The van der Waals surface area contributed by atoms with Crippen LogP contribution in [0.25, 0.3) is 0 Å². The first-order valence-corrected chi connectivity index (χ1v) is 9.85. The second-order valence-corrected chi connectivity index (χ2v) is 8.28. The lowest BCUT2D eigenvalue weighted by molar-refractivity contribution is 0.143. The van der Waals surface area contributed by atoms with Crippen LogP contribution >= 0.6 is 7.60 Å². The second kappa shape index (κ2) is 8.36. The van der Waals surface area contributed by atoms with E-state index in [2.05, 4.69) is 6.58 Å². The summed E-state index contributed by atoms with van der Waals surface area (Å²) in [4.78, 5) is 0. The Morgan fingerprint density at radius 2 is 1.25 bits per heavy atom. The van der Waals surface area contributed by atoms with Crippen LogP contribution in [0.4, 0.5) is 0 Å². The fraction of sp³-hybridized carbons (Fsp3) is 0.875. The van der Waals surface area contributed by atoms with Crippen molar-refractivity contribution in [2.75, 3.05) is 13.2 Å². The van der Waals surface area contributed by atoms with Gasteiger partial charge in [-0.25, -0.2) is 0 Å². The zero-order chi connectivity index (χ0) is 14.3. The summed E-state index contributed by atoms with van der Waals surface area (Å²) in [7, 11) is -3.07. The zero-order valence-electron chi connectivity index (χ0n) is 12.6. The molecule has 0 radical (unpaired) electrons. The lowest BCUT2D eigenvalue weighted by Crippen LogP contribution is -2.15.